The molecule has 50 heavy (non-hydrogen) atoms. The van der Waals surface area contributed by atoms with Crippen molar-refractivity contribution in [2.24, 2.45) is 15.0 Å². The number of ether oxygens (including phenoxy) is 2. The summed E-state index contributed by atoms with van der Waals surface area (Å²) in [5.41, 5.74) is 14.2. The molecule has 0 amide bonds. The Morgan fingerprint density at radius 2 is 1.38 bits per heavy atom. The van der Waals surface area contributed by atoms with E-state index < -0.39 is 0 Å². The lowest BCUT2D eigenvalue weighted by Gasteiger charge is -2.10. The van der Waals surface area contributed by atoms with Crippen LogP contribution in [0, 0.1) is 18.3 Å². The number of nitrogens with one attached hydrogen (secondary N) is 1. The van der Waals surface area contributed by atoms with Gasteiger partial charge in [0.1, 0.15) is 0 Å². The Labute approximate surface area is 293 Å². The molecule has 0 aromatic carbocycles. The van der Waals surface area contributed by atoms with Gasteiger partial charge in [-0.3, -0.25) is 9.59 Å². The Kier molecular flexibility index (Phi) is 10.7. The van der Waals surface area contributed by atoms with Crippen LogP contribution in [0.3, 0.4) is 0 Å². The molecule has 1 aromatic rings. The predicted octanol–water partition coefficient (Wildman–Crippen LogP) is 7.99. The highest BCUT2D eigenvalue weighted by molar-refractivity contribution is 6.36. The monoisotopic (exact) mass is 673 g/mol. The van der Waals surface area contributed by atoms with Crippen LogP contribution in [0.5, 0.6) is 0 Å². The Hall–Kier alpha value is -5.56. The normalized spacial score (nSPS) is 18.1. The first-order valence-electron chi connectivity index (χ1n) is 16.8. The van der Waals surface area contributed by atoms with Gasteiger partial charge in [0, 0.05) is 35.9 Å². The smallest absolute Gasteiger partial charge is 0.305 e. The number of nitriles is 1. The lowest BCUT2D eigenvalue weighted by Crippen LogP contribution is -2.14. The molecular formula is C40H43N5O5. The molecule has 0 saturated heterocycles. The van der Waals surface area contributed by atoms with E-state index in [4.69, 9.17) is 24.5 Å². The number of carbonyl (C=O) groups is 2. The van der Waals surface area contributed by atoms with Crippen molar-refractivity contribution >= 4 is 41.2 Å². The summed E-state index contributed by atoms with van der Waals surface area (Å²) in [5, 5.41) is 20.5. The maximum Gasteiger partial charge on any atom is 0.305 e. The van der Waals surface area contributed by atoms with Gasteiger partial charge in [0.15, 0.2) is 0 Å². The van der Waals surface area contributed by atoms with Crippen LogP contribution in [0.25, 0.3) is 12.2 Å². The number of aliphatic hydroxyl groups is 1. The Balaban J connectivity index is 1.89. The first-order valence-corrected chi connectivity index (χ1v) is 16.8. The van der Waals surface area contributed by atoms with E-state index in [1.165, 1.54) is 20.3 Å². The second kappa shape index (κ2) is 14.9. The molecule has 0 atom stereocenters. The molecule has 2 N–H and O–H groups in total. The summed E-state index contributed by atoms with van der Waals surface area (Å²) >= 11 is 0. The summed E-state index contributed by atoms with van der Waals surface area (Å²) in [6.45, 7) is 12.1. The third-order valence-electron chi connectivity index (χ3n) is 9.82. The maximum atomic E-state index is 12.3. The van der Waals surface area contributed by atoms with E-state index >= 15 is 0 Å². The van der Waals surface area contributed by atoms with Crippen molar-refractivity contribution in [1.29, 1.82) is 5.26 Å². The minimum absolute atomic E-state index is 0.144. The third-order valence-corrected chi connectivity index (χ3v) is 9.82. The second-order valence-corrected chi connectivity index (χ2v) is 12.4. The van der Waals surface area contributed by atoms with Crippen molar-refractivity contribution in [2.75, 3.05) is 14.2 Å². The zero-order valence-corrected chi connectivity index (χ0v) is 30.0. The van der Waals surface area contributed by atoms with Crippen molar-refractivity contribution < 1.29 is 24.2 Å². The van der Waals surface area contributed by atoms with Crippen LogP contribution in [0.1, 0.15) is 89.2 Å². The Morgan fingerprint density at radius 3 is 2.00 bits per heavy atom. The number of hydrogen-bond donors (Lipinski definition) is 2. The fourth-order valence-corrected chi connectivity index (χ4v) is 7.07. The fraction of sp³-hybridized carbons (Fsp3) is 0.350. The number of aromatic nitrogens is 1. The largest absolute Gasteiger partial charge is 0.515 e. The van der Waals surface area contributed by atoms with Gasteiger partial charge in [-0.25, -0.2) is 15.0 Å². The number of allylic oxidation sites excluding steroid dienone is 10. The minimum Gasteiger partial charge on any atom is -0.515 e. The Bertz CT molecular complexity index is 2080. The number of aromatic amines is 1. The lowest BCUT2D eigenvalue weighted by molar-refractivity contribution is -0.141. The number of rotatable bonds is 9. The molecular weight excluding hydrogens is 630 g/mol. The van der Waals surface area contributed by atoms with Gasteiger partial charge >= 0.3 is 11.9 Å². The van der Waals surface area contributed by atoms with Crippen molar-refractivity contribution in [2.45, 2.75) is 80.1 Å². The van der Waals surface area contributed by atoms with E-state index in [9.17, 15) is 20.0 Å². The molecule has 10 nitrogen and oxygen atoms in total. The highest BCUT2D eigenvalue weighted by Crippen LogP contribution is 2.41. The summed E-state index contributed by atoms with van der Waals surface area (Å²) < 4.78 is 9.93. The topological polar surface area (TPSA) is 149 Å². The van der Waals surface area contributed by atoms with Crippen LogP contribution in [0.4, 0.5) is 0 Å². The van der Waals surface area contributed by atoms with Crippen molar-refractivity contribution in [3.63, 3.8) is 0 Å². The van der Waals surface area contributed by atoms with E-state index in [0.717, 1.165) is 85.6 Å². The number of carbonyl (C=O) groups excluding carboxylic acids is 2. The zero-order valence-electron chi connectivity index (χ0n) is 30.0. The molecule has 8 bridgehead atoms. The van der Waals surface area contributed by atoms with Crippen LogP contribution >= 0.6 is 0 Å². The van der Waals surface area contributed by atoms with Gasteiger partial charge in [0.25, 0.3) is 0 Å². The van der Waals surface area contributed by atoms with Gasteiger partial charge in [-0.15, -0.1) is 0 Å². The van der Waals surface area contributed by atoms with E-state index in [2.05, 4.69) is 24.9 Å². The van der Waals surface area contributed by atoms with Crippen molar-refractivity contribution in [3.8, 4) is 6.07 Å². The Morgan fingerprint density at radius 1 is 0.820 bits per heavy atom. The standard InChI is InChI=1S/C40H43N5O5/c1-9-25-22(4)37-29(12-11-17-41)40-26(10-2)23(5)39(45-40)30(20-46)38-24(6)28(14-16-36(48)50-8)34(44-38)19-33-27(13-15-35(47)49-7)21(3)31(42-33)18-32(25)43-37/h11-12,18-20,42,46H,9-10,13-16H2,1-8H3/b12-11+,30-20?,32-18?,34-19?,40-29?. The number of aliphatic hydroxyl groups excluding tert-OH is 1. The molecule has 4 aliphatic rings. The van der Waals surface area contributed by atoms with Crippen molar-refractivity contribution in [1.82, 2.24) is 4.98 Å². The molecule has 258 valence electrons. The van der Waals surface area contributed by atoms with Crippen LogP contribution in [-0.4, -0.2) is 53.4 Å². The van der Waals surface area contributed by atoms with Crippen LogP contribution < -0.4 is 0 Å². The number of aliphatic imine (C=N–C) groups is 3. The molecule has 5 heterocycles. The molecule has 1 aromatic heterocycles. The molecule has 5 rings (SSSR count). The predicted molar refractivity (Wildman–Crippen MR) is 197 cm³/mol. The average Bonchev–Trinajstić information content (AvgIpc) is 3.80. The first-order chi connectivity index (χ1) is 24.0. The van der Waals surface area contributed by atoms with Crippen LogP contribution in [0.2, 0.25) is 0 Å². The molecule has 0 spiro atoms. The number of H-pyrrole nitrogens is 1. The molecule has 0 fully saturated rings. The molecule has 0 aliphatic carbocycles. The van der Waals surface area contributed by atoms with E-state index in [-0.39, 0.29) is 24.8 Å². The van der Waals surface area contributed by atoms with Crippen LogP contribution in [0.15, 0.2) is 95.1 Å². The van der Waals surface area contributed by atoms with Gasteiger partial charge in [-0.1, -0.05) is 13.8 Å². The summed E-state index contributed by atoms with van der Waals surface area (Å²) in [4.78, 5) is 43.6. The quantitative estimate of drug-likeness (QED) is 0.154. The molecule has 0 unspecified atom stereocenters. The minimum atomic E-state index is -0.344. The zero-order chi connectivity index (χ0) is 36.3. The van der Waals surface area contributed by atoms with Gasteiger partial charge in [0.2, 0.25) is 0 Å². The van der Waals surface area contributed by atoms with E-state index in [0.29, 0.717) is 47.7 Å². The van der Waals surface area contributed by atoms with Gasteiger partial charge in [0.05, 0.1) is 66.4 Å². The summed E-state index contributed by atoms with van der Waals surface area (Å²) in [7, 11) is 2.74. The molecule has 0 saturated carbocycles. The number of esters is 2. The summed E-state index contributed by atoms with van der Waals surface area (Å²) in [6.07, 6.45) is 10.7. The average molecular weight is 674 g/mol. The molecule has 0 radical (unpaired) electrons. The van der Waals surface area contributed by atoms with E-state index in [1.807, 2.05) is 39.8 Å². The van der Waals surface area contributed by atoms with Crippen LogP contribution in [-0.2, 0) is 25.5 Å². The summed E-state index contributed by atoms with van der Waals surface area (Å²) in [5.74, 6) is -0.659. The lowest BCUT2D eigenvalue weighted by atomic mass is 9.91. The van der Waals surface area contributed by atoms with E-state index in [1.54, 1.807) is 6.08 Å². The van der Waals surface area contributed by atoms with Gasteiger partial charge in [-0.2, -0.15) is 5.26 Å². The number of nitrogens with zero attached hydrogens (tertiary/aromatic N) is 4. The SMILES string of the molecule is CCC1=C(C)C2=NC1=Cc1[nH]c(c(CCC(=O)OC)c1C)C=C1N=C(C(=CO)C3=NC(=C2/C=C/C#N)C(CC)=C3C)C(C)=C1CCC(=O)OC. The van der Waals surface area contributed by atoms with Gasteiger partial charge < -0.3 is 19.6 Å². The van der Waals surface area contributed by atoms with Gasteiger partial charge in [-0.05, 0) is 116 Å². The maximum absolute atomic E-state index is 12.3. The van der Waals surface area contributed by atoms with Crippen molar-refractivity contribution in [3.05, 3.63) is 103 Å². The third kappa shape index (κ3) is 6.43. The summed E-state index contributed by atoms with van der Waals surface area (Å²) in [6, 6.07) is 2.13. The highest BCUT2D eigenvalue weighted by atomic mass is 16.5. The first kappa shape index (κ1) is 35.7. The fourth-order valence-electron chi connectivity index (χ4n) is 7.07. The molecule has 10 heteroatoms. The number of methoxy groups -OCH3 is 2. The number of hydrogen-bond acceptors (Lipinski definition) is 9. The second-order valence-electron chi connectivity index (χ2n) is 12.4. The molecule has 4 aliphatic heterocycles. The highest BCUT2D eigenvalue weighted by Gasteiger charge is 2.33. The number of fused-ring (bicyclic) bond motifs is 5.